The van der Waals surface area contributed by atoms with Crippen LogP contribution in [0.5, 0.6) is 0 Å². The lowest BCUT2D eigenvalue weighted by Crippen LogP contribution is -2.30. The van der Waals surface area contributed by atoms with Crippen LogP contribution >= 0.6 is 11.3 Å². The van der Waals surface area contributed by atoms with E-state index < -0.39 is 0 Å². The van der Waals surface area contributed by atoms with Crippen molar-refractivity contribution in [2.45, 2.75) is 20.3 Å². The second-order valence-electron chi connectivity index (χ2n) is 3.30. The summed E-state index contributed by atoms with van der Waals surface area (Å²) in [5.41, 5.74) is 0. The summed E-state index contributed by atoms with van der Waals surface area (Å²) < 4.78 is 0. The number of nitrogens with zero attached hydrogens (tertiary/aromatic N) is 1. The molecule has 1 amide bonds. The lowest BCUT2D eigenvalue weighted by Gasteiger charge is -2.18. The quantitative estimate of drug-likeness (QED) is 0.837. The maximum atomic E-state index is 12.0. The molecule has 0 aliphatic heterocycles. The molecule has 1 aromatic rings. The minimum absolute atomic E-state index is 0.144. The molecule has 0 radical (unpaired) electrons. The van der Waals surface area contributed by atoms with Crippen LogP contribution in [0.4, 0.5) is 5.00 Å². The van der Waals surface area contributed by atoms with Gasteiger partial charge in [-0.25, -0.2) is 0 Å². The molecule has 1 aromatic heterocycles. The van der Waals surface area contributed by atoms with Gasteiger partial charge in [0.15, 0.2) is 0 Å². The van der Waals surface area contributed by atoms with Crippen LogP contribution < -0.4 is 5.32 Å². The number of rotatable bonds is 5. The predicted molar refractivity (Wildman–Crippen MR) is 65.7 cm³/mol. The molecular weight excluding hydrogens is 208 g/mol. The Hall–Kier alpha value is -1.03. The van der Waals surface area contributed by atoms with Gasteiger partial charge in [0.05, 0.1) is 9.88 Å². The number of anilines is 1. The molecule has 1 N–H and O–H groups in total. The molecule has 0 unspecified atom stereocenters. The highest BCUT2D eigenvalue weighted by atomic mass is 32.1. The zero-order valence-electron chi connectivity index (χ0n) is 9.54. The largest absolute Gasteiger partial charge is 0.380 e. The van der Waals surface area contributed by atoms with Crippen LogP contribution in [0.15, 0.2) is 12.1 Å². The van der Waals surface area contributed by atoms with E-state index in [-0.39, 0.29) is 5.91 Å². The van der Waals surface area contributed by atoms with E-state index in [9.17, 15) is 4.79 Å². The SMILES string of the molecule is CCCN(CC)C(=O)c1ccc(NC)s1. The summed E-state index contributed by atoms with van der Waals surface area (Å²) in [7, 11) is 1.86. The van der Waals surface area contributed by atoms with E-state index in [1.165, 1.54) is 11.3 Å². The molecular formula is C11H18N2OS. The highest BCUT2D eigenvalue weighted by Crippen LogP contribution is 2.22. The molecule has 0 aliphatic carbocycles. The average Bonchev–Trinajstić information content (AvgIpc) is 2.73. The van der Waals surface area contributed by atoms with Gasteiger partial charge in [-0.2, -0.15) is 0 Å². The lowest BCUT2D eigenvalue weighted by atomic mass is 10.3. The molecule has 0 aliphatic rings. The molecule has 1 rings (SSSR count). The molecule has 15 heavy (non-hydrogen) atoms. The van der Waals surface area contributed by atoms with Gasteiger partial charge in [-0.15, -0.1) is 11.3 Å². The monoisotopic (exact) mass is 226 g/mol. The number of carbonyl (C=O) groups excluding carboxylic acids is 1. The molecule has 0 spiro atoms. The van der Waals surface area contributed by atoms with Crippen LogP contribution in [0.2, 0.25) is 0 Å². The Morgan fingerprint density at radius 3 is 2.67 bits per heavy atom. The number of hydrogen-bond acceptors (Lipinski definition) is 3. The molecule has 4 heteroatoms. The normalized spacial score (nSPS) is 10.1. The van der Waals surface area contributed by atoms with Crippen molar-refractivity contribution in [2.24, 2.45) is 0 Å². The van der Waals surface area contributed by atoms with E-state index in [0.717, 1.165) is 29.4 Å². The first-order valence-corrected chi connectivity index (χ1v) is 6.11. The summed E-state index contributed by atoms with van der Waals surface area (Å²) in [6.07, 6.45) is 1.00. The second kappa shape index (κ2) is 5.75. The highest BCUT2D eigenvalue weighted by Gasteiger charge is 2.14. The molecule has 1 heterocycles. The van der Waals surface area contributed by atoms with E-state index in [0.29, 0.717) is 0 Å². The van der Waals surface area contributed by atoms with Crippen LogP contribution in [-0.2, 0) is 0 Å². The molecule has 0 saturated heterocycles. The van der Waals surface area contributed by atoms with E-state index in [1.54, 1.807) is 0 Å². The van der Waals surface area contributed by atoms with Crippen molar-refractivity contribution in [3.05, 3.63) is 17.0 Å². The maximum Gasteiger partial charge on any atom is 0.263 e. The van der Waals surface area contributed by atoms with Gasteiger partial charge in [0.1, 0.15) is 0 Å². The van der Waals surface area contributed by atoms with Crippen LogP contribution in [0.1, 0.15) is 29.9 Å². The van der Waals surface area contributed by atoms with Crippen molar-refractivity contribution in [3.8, 4) is 0 Å². The number of nitrogens with one attached hydrogen (secondary N) is 1. The molecule has 0 atom stereocenters. The number of hydrogen-bond donors (Lipinski definition) is 1. The van der Waals surface area contributed by atoms with Crippen LogP contribution in [-0.4, -0.2) is 30.9 Å². The third-order valence-electron chi connectivity index (χ3n) is 2.23. The maximum absolute atomic E-state index is 12.0. The zero-order chi connectivity index (χ0) is 11.3. The highest BCUT2D eigenvalue weighted by molar-refractivity contribution is 7.17. The standard InChI is InChI=1S/C11H18N2OS/c1-4-8-13(5-2)11(14)9-6-7-10(12-3)15-9/h6-7,12H,4-5,8H2,1-3H3. The zero-order valence-corrected chi connectivity index (χ0v) is 10.4. The summed E-state index contributed by atoms with van der Waals surface area (Å²) in [5.74, 6) is 0.144. The second-order valence-corrected chi connectivity index (χ2v) is 4.38. The Labute approximate surface area is 95.1 Å². The Morgan fingerprint density at radius 2 is 2.20 bits per heavy atom. The van der Waals surface area contributed by atoms with Crippen molar-refractivity contribution in [2.75, 3.05) is 25.5 Å². The lowest BCUT2D eigenvalue weighted by molar-refractivity contribution is 0.0769. The smallest absolute Gasteiger partial charge is 0.263 e. The number of carbonyl (C=O) groups is 1. The Bertz CT molecular complexity index is 322. The molecule has 0 fully saturated rings. The van der Waals surface area contributed by atoms with E-state index in [2.05, 4.69) is 12.2 Å². The van der Waals surface area contributed by atoms with Gasteiger partial charge in [0.25, 0.3) is 5.91 Å². The van der Waals surface area contributed by atoms with Gasteiger partial charge in [-0.05, 0) is 25.5 Å². The summed E-state index contributed by atoms with van der Waals surface area (Å²) in [6.45, 7) is 5.71. The van der Waals surface area contributed by atoms with E-state index in [1.807, 2.05) is 31.0 Å². The van der Waals surface area contributed by atoms with Crippen molar-refractivity contribution in [1.29, 1.82) is 0 Å². The summed E-state index contributed by atoms with van der Waals surface area (Å²) in [4.78, 5) is 14.7. The Morgan fingerprint density at radius 1 is 1.47 bits per heavy atom. The molecule has 84 valence electrons. The fourth-order valence-corrected chi connectivity index (χ4v) is 2.24. The fraction of sp³-hybridized carbons (Fsp3) is 0.545. The van der Waals surface area contributed by atoms with Gasteiger partial charge < -0.3 is 10.2 Å². The van der Waals surface area contributed by atoms with Crippen LogP contribution in [0.3, 0.4) is 0 Å². The summed E-state index contributed by atoms with van der Waals surface area (Å²) in [5, 5.41) is 4.07. The minimum atomic E-state index is 0.144. The first-order chi connectivity index (χ1) is 7.22. The molecule has 0 saturated carbocycles. The van der Waals surface area contributed by atoms with E-state index >= 15 is 0 Å². The first kappa shape index (κ1) is 12.0. The molecule has 0 bridgehead atoms. The summed E-state index contributed by atoms with van der Waals surface area (Å²) in [6, 6.07) is 3.83. The number of amides is 1. The first-order valence-electron chi connectivity index (χ1n) is 5.29. The Kier molecular flexibility index (Phi) is 4.62. The molecule has 3 nitrogen and oxygen atoms in total. The summed E-state index contributed by atoms with van der Waals surface area (Å²) >= 11 is 1.51. The van der Waals surface area contributed by atoms with Gasteiger partial charge in [0.2, 0.25) is 0 Å². The molecule has 0 aromatic carbocycles. The van der Waals surface area contributed by atoms with Crippen molar-refractivity contribution in [1.82, 2.24) is 4.90 Å². The fourth-order valence-electron chi connectivity index (χ4n) is 1.42. The van der Waals surface area contributed by atoms with Gasteiger partial charge >= 0.3 is 0 Å². The number of thiophene rings is 1. The van der Waals surface area contributed by atoms with E-state index in [4.69, 9.17) is 0 Å². The van der Waals surface area contributed by atoms with Crippen LogP contribution in [0, 0.1) is 0 Å². The third kappa shape index (κ3) is 2.96. The van der Waals surface area contributed by atoms with Crippen LogP contribution in [0.25, 0.3) is 0 Å². The topological polar surface area (TPSA) is 32.3 Å². The predicted octanol–water partition coefficient (Wildman–Crippen LogP) is 2.66. The Balaban J connectivity index is 2.73. The van der Waals surface area contributed by atoms with Crippen molar-refractivity contribution >= 4 is 22.2 Å². The van der Waals surface area contributed by atoms with Gasteiger partial charge in [0, 0.05) is 20.1 Å². The average molecular weight is 226 g/mol. The van der Waals surface area contributed by atoms with Crippen molar-refractivity contribution < 1.29 is 4.79 Å². The minimum Gasteiger partial charge on any atom is -0.380 e. The van der Waals surface area contributed by atoms with Gasteiger partial charge in [-0.1, -0.05) is 6.92 Å². The van der Waals surface area contributed by atoms with Gasteiger partial charge in [-0.3, -0.25) is 4.79 Å². The third-order valence-corrected chi connectivity index (χ3v) is 3.32. The van der Waals surface area contributed by atoms with Crippen molar-refractivity contribution in [3.63, 3.8) is 0 Å².